The van der Waals surface area contributed by atoms with Gasteiger partial charge in [0.1, 0.15) is 0 Å². The largest absolute Gasteiger partial charge is 0.294 e. The molecule has 0 aliphatic heterocycles. The first-order chi connectivity index (χ1) is 33.8. The molecule has 8 aromatic carbocycles. The summed E-state index contributed by atoms with van der Waals surface area (Å²) in [6.45, 7) is 12.7. The molecule has 0 N–H and O–H groups in total. The van der Waals surface area contributed by atoms with E-state index in [1.807, 2.05) is 50.2 Å². The van der Waals surface area contributed by atoms with Crippen LogP contribution >= 0.6 is 46.4 Å². The monoisotopic (exact) mass is 1030 g/mol. The van der Waals surface area contributed by atoms with E-state index >= 15 is 0 Å². The Kier molecular flexibility index (Phi) is 23.8. The smallest absolute Gasteiger partial charge is 0.193 e. The van der Waals surface area contributed by atoms with Crippen LogP contribution in [0.4, 0.5) is 0 Å². The summed E-state index contributed by atoms with van der Waals surface area (Å²) in [7, 11) is 0. The van der Waals surface area contributed by atoms with Gasteiger partial charge in [0.05, 0.1) is 0 Å². The Morgan fingerprint density at radius 1 is 0.375 bits per heavy atom. The third-order valence-corrected chi connectivity index (χ3v) is 14.3. The van der Waals surface area contributed by atoms with Crippen LogP contribution in [0.5, 0.6) is 0 Å². The van der Waals surface area contributed by atoms with Gasteiger partial charge in [0, 0.05) is 55.0 Å². The average molecular weight is 1040 g/mol. The van der Waals surface area contributed by atoms with Gasteiger partial charge in [-0.2, -0.15) is 0 Å². The van der Waals surface area contributed by atoms with Crippen LogP contribution in [-0.4, -0.2) is 11.6 Å². The molecule has 0 radical (unpaired) electrons. The summed E-state index contributed by atoms with van der Waals surface area (Å²) in [5.41, 5.74) is 15.0. The zero-order valence-electron chi connectivity index (χ0n) is 41.0. The molecule has 0 saturated carbocycles. The number of benzene rings is 8. The third-order valence-electron chi connectivity index (χ3n) is 13.0. The number of ketones is 2. The first-order valence-corrected chi connectivity index (χ1v) is 25.8. The van der Waals surface area contributed by atoms with Crippen molar-refractivity contribution in [3.8, 4) is 0 Å². The van der Waals surface area contributed by atoms with Crippen LogP contribution in [0.25, 0.3) is 0 Å². The zero-order chi connectivity index (χ0) is 50.2. The lowest BCUT2D eigenvalue weighted by Crippen LogP contribution is -2.05. The van der Waals surface area contributed by atoms with E-state index in [1.54, 1.807) is 24.3 Å². The number of Topliss-reactive ketones (excluding diaryl/α,β-unsaturated/α-hetero) is 1. The van der Waals surface area contributed by atoms with E-state index in [4.69, 9.17) is 46.4 Å². The highest BCUT2D eigenvalue weighted by Crippen LogP contribution is 2.31. The molecule has 2 atom stereocenters. The lowest BCUT2D eigenvalue weighted by molar-refractivity contribution is 0.0991. The fourth-order valence-electron chi connectivity index (χ4n) is 8.39. The number of rotatable bonds is 15. The Morgan fingerprint density at radius 3 is 1.03 bits per heavy atom. The maximum atomic E-state index is 12.9. The Balaban J connectivity index is 0.000000240. The molecule has 0 spiro atoms. The predicted molar refractivity (Wildman–Crippen MR) is 312 cm³/mol. The van der Waals surface area contributed by atoms with Crippen LogP contribution in [-0.2, 0) is 38.5 Å². The van der Waals surface area contributed by atoms with Gasteiger partial charge < -0.3 is 0 Å². The summed E-state index contributed by atoms with van der Waals surface area (Å²) >= 11 is 24.8. The van der Waals surface area contributed by atoms with E-state index in [1.165, 1.54) is 44.5 Å². The van der Waals surface area contributed by atoms with Crippen molar-refractivity contribution in [3.05, 3.63) is 280 Å². The summed E-state index contributed by atoms with van der Waals surface area (Å²) in [6, 6.07) is 61.7. The standard InChI is InChI=1S/C29H26O.C18H16Cl4O.C17H20.2CH4/c1-21(23-9-5-3-6-10-23)25-13-17-27(18-14-25)29(30)28-19-15-26(16-20-28)22(2)24-11-7-4-8-12-24;1-3-12-14(19)5-10(6-15(12)20)7-18(23)11-8-16(21)13(4-2)17(22)9-11;1-3-14-5-9-16(10-6-14)13-17-11-7-15(4-2)8-12-17;;/h3-22H,1-2H3;5-6,8-9H,3-4,7H2,1-2H3;5-12H,3-4,13H2,1-2H3;2*1H4. The van der Waals surface area contributed by atoms with Crippen LogP contribution in [0.1, 0.15) is 156 Å². The molecular weight excluding hydrogens is 967 g/mol. The Morgan fingerprint density at radius 2 is 0.694 bits per heavy atom. The maximum Gasteiger partial charge on any atom is 0.193 e. The van der Waals surface area contributed by atoms with Gasteiger partial charge in [-0.25, -0.2) is 0 Å². The molecule has 8 aromatic rings. The van der Waals surface area contributed by atoms with E-state index in [9.17, 15) is 9.59 Å². The normalized spacial score (nSPS) is 11.3. The van der Waals surface area contributed by atoms with E-state index in [0.717, 1.165) is 59.9 Å². The molecule has 0 aliphatic carbocycles. The van der Waals surface area contributed by atoms with Crippen molar-refractivity contribution in [2.24, 2.45) is 0 Å². The molecular formula is C66H70Cl4O2. The third kappa shape index (κ3) is 16.1. The van der Waals surface area contributed by atoms with Crippen LogP contribution in [0, 0.1) is 0 Å². The van der Waals surface area contributed by atoms with E-state index in [-0.39, 0.29) is 32.8 Å². The first-order valence-electron chi connectivity index (χ1n) is 24.3. The molecule has 0 heterocycles. The second-order valence-corrected chi connectivity index (χ2v) is 19.2. The molecule has 0 amide bonds. The van der Waals surface area contributed by atoms with Gasteiger partial charge in [-0.15, -0.1) is 0 Å². The van der Waals surface area contributed by atoms with E-state index < -0.39 is 0 Å². The zero-order valence-corrected chi connectivity index (χ0v) is 44.1. The van der Waals surface area contributed by atoms with Gasteiger partial charge in [0.2, 0.25) is 0 Å². The van der Waals surface area contributed by atoms with Gasteiger partial charge in [-0.05, 0) is 118 Å². The van der Waals surface area contributed by atoms with Gasteiger partial charge in [-0.3, -0.25) is 9.59 Å². The summed E-state index contributed by atoms with van der Waals surface area (Å²) in [5, 5.41) is 2.20. The van der Waals surface area contributed by atoms with Crippen LogP contribution in [0.3, 0.4) is 0 Å². The maximum absolute atomic E-state index is 12.9. The highest BCUT2D eigenvalue weighted by atomic mass is 35.5. The molecule has 374 valence electrons. The highest BCUT2D eigenvalue weighted by Gasteiger charge is 2.16. The number of hydrogen-bond donors (Lipinski definition) is 0. The minimum absolute atomic E-state index is 0. The topological polar surface area (TPSA) is 34.1 Å². The predicted octanol–water partition coefficient (Wildman–Crippen LogP) is 19.7. The summed E-state index contributed by atoms with van der Waals surface area (Å²) in [4.78, 5) is 25.4. The lowest BCUT2D eigenvalue weighted by Gasteiger charge is -2.14. The first kappa shape index (κ1) is 58.8. The fourth-order valence-corrected chi connectivity index (χ4v) is 9.94. The molecule has 2 nitrogen and oxygen atoms in total. The van der Waals surface area contributed by atoms with Gasteiger partial charge in [0.15, 0.2) is 11.6 Å². The van der Waals surface area contributed by atoms with Crippen molar-refractivity contribution < 1.29 is 9.59 Å². The molecule has 8 rings (SSSR count). The van der Waals surface area contributed by atoms with Crippen molar-refractivity contribution in [3.63, 3.8) is 0 Å². The quantitative estimate of drug-likeness (QED) is 0.0959. The second-order valence-electron chi connectivity index (χ2n) is 17.6. The lowest BCUT2D eigenvalue weighted by atomic mass is 9.90. The van der Waals surface area contributed by atoms with Gasteiger partial charge >= 0.3 is 0 Å². The minimum Gasteiger partial charge on any atom is -0.294 e. The van der Waals surface area contributed by atoms with Crippen molar-refractivity contribution >= 4 is 58.0 Å². The number of aryl methyl sites for hydroxylation is 2. The van der Waals surface area contributed by atoms with Crippen molar-refractivity contribution in [1.29, 1.82) is 0 Å². The second kappa shape index (κ2) is 29.1. The Labute approximate surface area is 451 Å². The molecule has 72 heavy (non-hydrogen) atoms. The molecule has 0 fully saturated rings. The van der Waals surface area contributed by atoms with Crippen LogP contribution in [0.2, 0.25) is 20.1 Å². The van der Waals surface area contributed by atoms with Gasteiger partial charge in [0.25, 0.3) is 0 Å². The summed E-state index contributed by atoms with van der Waals surface area (Å²) < 4.78 is 0. The van der Waals surface area contributed by atoms with Gasteiger partial charge in [-0.1, -0.05) is 261 Å². The Bertz CT molecular complexity index is 2740. The minimum atomic E-state index is -0.0761. The SMILES string of the molecule is C.C.CC(c1ccccc1)c1ccc(C(=O)c2ccc(C(C)c3ccccc3)cc2)cc1.CCc1c(Cl)cc(CC(=O)c2cc(Cl)c(CC)c(Cl)c2)cc1Cl.CCc1ccc(Cc2ccc(CC)cc2)cc1. The number of carbonyl (C=O) groups is 2. The van der Waals surface area contributed by atoms with E-state index in [2.05, 4.69) is 149 Å². The van der Waals surface area contributed by atoms with Crippen LogP contribution in [0.15, 0.2) is 182 Å². The fraction of sp³-hybridized carbons (Fsp3) is 0.242. The molecule has 0 aromatic heterocycles. The van der Waals surface area contributed by atoms with Crippen molar-refractivity contribution in [1.82, 2.24) is 0 Å². The molecule has 6 heteroatoms. The van der Waals surface area contributed by atoms with Crippen molar-refractivity contribution in [2.75, 3.05) is 0 Å². The molecule has 2 unspecified atom stereocenters. The summed E-state index contributed by atoms with van der Waals surface area (Å²) in [6.07, 6.45) is 4.93. The number of carbonyl (C=O) groups excluding carboxylic acids is 2. The van der Waals surface area contributed by atoms with Crippen LogP contribution < -0.4 is 0 Å². The Hall–Kier alpha value is -5.74. The molecule has 0 bridgehead atoms. The molecule has 0 aliphatic rings. The highest BCUT2D eigenvalue weighted by molar-refractivity contribution is 6.37. The molecule has 0 saturated heterocycles. The average Bonchev–Trinajstić information content (AvgIpc) is 3.39. The number of halogens is 4. The van der Waals surface area contributed by atoms with Crippen molar-refractivity contribution in [2.45, 2.75) is 107 Å². The number of hydrogen-bond acceptors (Lipinski definition) is 2. The van der Waals surface area contributed by atoms with E-state index in [0.29, 0.717) is 37.5 Å². The summed E-state index contributed by atoms with van der Waals surface area (Å²) in [5.74, 6) is 0.587.